The van der Waals surface area contributed by atoms with Gasteiger partial charge in [0, 0.05) is 12.1 Å². The Balaban J connectivity index is 2.33. The summed E-state index contributed by atoms with van der Waals surface area (Å²) < 4.78 is 0. The van der Waals surface area contributed by atoms with Crippen molar-refractivity contribution >= 4 is 12.0 Å². The summed E-state index contributed by atoms with van der Waals surface area (Å²) in [5.74, 6) is -0.879. The van der Waals surface area contributed by atoms with Gasteiger partial charge in [0.1, 0.15) is 0 Å². The van der Waals surface area contributed by atoms with E-state index in [0.29, 0.717) is 6.42 Å². The van der Waals surface area contributed by atoms with E-state index < -0.39 is 5.97 Å². The van der Waals surface area contributed by atoms with Crippen molar-refractivity contribution in [1.82, 2.24) is 10.6 Å². The predicted octanol–water partition coefficient (Wildman–Crippen LogP) is 1.73. The number of hydrogen-bond donors (Lipinski definition) is 3. The second-order valence-corrected chi connectivity index (χ2v) is 5.45. The monoisotopic (exact) mass is 242 g/mol. The lowest BCUT2D eigenvalue weighted by molar-refractivity contribution is -0.137. The first-order chi connectivity index (χ1) is 7.85. The zero-order valence-electron chi connectivity index (χ0n) is 10.7. The maximum absolute atomic E-state index is 11.6. The predicted molar refractivity (Wildman–Crippen MR) is 64.8 cm³/mol. The van der Waals surface area contributed by atoms with Crippen LogP contribution in [0, 0.1) is 5.41 Å². The van der Waals surface area contributed by atoms with Crippen molar-refractivity contribution in [2.24, 2.45) is 5.41 Å². The number of nitrogens with one attached hydrogen (secondary N) is 2. The van der Waals surface area contributed by atoms with Crippen LogP contribution in [0.5, 0.6) is 0 Å². The first-order valence-electron chi connectivity index (χ1n) is 6.14. The highest BCUT2D eigenvalue weighted by molar-refractivity contribution is 5.76. The van der Waals surface area contributed by atoms with Crippen molar-refractivity contribution in [3.05, 3.63) is 0 Å². The Bertz CT molecular complexity index is 302. The first kappa shape index (κ1) is 13.8. The van der Waals surface area contributed by atoms with Gasteiger partial charge in [-0.25, -0.2) is 4.79 Å². The molecule has 0 saturated heterocycles. The largest absolute Gasteiger partial charge is 0.481 e. The second kappa shape index (κ2) is 5.38. The molecule has 0 heterocycles. The maximum atomic E-state index is 11.6. The SMILES string of the molecule is CCCC(CC(=O)O)NC(=O)NC1CC1(C)C. The van der Waals surface area contributed by atoms with Crippen molar-refractivity contribution in [2.45, 2.75) is 58.5 Å². The quantitative estimate of drug-likeness (QED) is 0.663. The van der Waals surface area contributed by atoms with Crippen LogP contribution >= 0.6 is 0 Å². The summed E-state index contributed by atoms with van der Waals surface area (Å²) in [4.78, 5) is 22.3. The van der Waals surface area contributed by atoms with Gasteiger partial charge in [-0.2, -0.15) is 0 Å². The van der Waals surface area contributed by atoms with Crippen molar-refractivity contribution in [1.29, 1.82) is 0 Å². The lowest BCUT2D eigenvalue weighted by Crippen LogP contribution is -2.44. The molecule has 98 valence electrons. The van der Waals surface area contributed by atoms with Crippen molar-refractivity contribution < 1.29 is 14.7 Å². The molecule has 0 aromatic carbocycles. The molecule has 0 aromatic heterocycles. The standard InChI is InChI=1S/C12H22N2O3/c1-4-5-8(6-10(15)16)13-11(17)14-9-7-12(9,2)3/h8-9H,4-7H2,1-3H3,(H,15,16)(H2,13,14,17). The summed E-state index contributed by atoms with van der Waals surface area (Å²) in [5, 5.41) is 14.3. The third-order valence-electron chi connectivity index (χ3n) is 3.21. The average molecular weight is 242 g/mol. The van der Waals surface area contributed by atoms with E-state index in [4.69, 9.17) is 5.11 Å². The highest BCUT2D eigenvalue weighted by Gasteiger charge is 2.46. The minimum atomic E-state index is -0.879. The van der Waals surface area contributed by atoms with Crippen LogP contribution in [0.3, 0.4) is 0 Å². The van der Waals surface area contributed by atoms with Crippen molar-refractivity contribution in [3.63, 3.8) is 0 Å². The first-order valence-corrected chi connectivity index (χ1v) is 6.14. The Kier molecular flexibility index (Phi) is 4.37. The molecule has 1 rings (SSSR count). The molecule has 1 fully saturated rings. The van der Waals surface area contributed by atoms with E-state index in [1.165, 1.54) is 0 Å². The normalized spacial score (nSPS) is 22.6. The molecule has 0 spiro atoms. The van der Waals surface area contributed by atoms with Crippen molar-refractivity contribution in [2.75, 3.05) is 0 Å². The van der Waals surface area contributed by atoms with Gasteiger partial charge in [0.25, 0.3) is 0 Å². The number of amides is 2. The molecule has 2 amide bonds. The molecular weight excluding hydrogens is 220 g/mol. The van der Waals surface area contributed by atoms with Gasteiger partial charge in [-0.05, 0) is 18.3 Å². The number of carboxylic acids is 1. The van der Waals surface area contributed by atoms with Gasteiger partial charge in [0.05, 0.1) is 6.42 Å². The number of carbonyl (C=O) groups excluding carboxylic acids is 1. The summed E-state index contributed by atoms with van der Waals surface area (Å²) in [6, 6.07) is -0.311. The summed E-state index contributed by atoms with van der Waals surface area (Å²) in [5.41, 5.74) is 0.185. The van der Waals surface area contributed by atoms with Gasteiger partial charge < -0.3 is 15.7 Å². The summed E-state index contributed by atoms with van der Waals surface area (Å²) in [7, 11) is 0. The van der Waals surface area contributed by atoms with E-state index in [2.05, 4.69) is 24.5 Å². The average Bonchev–Trinajstić information content (AvgIpc) is 2.71. The molecule has 0 radical (unpaired) electrons. The fourth-order valence-corrected chi connectivity index (χ4v) is 1.88. The van der Waals surface area contributed by atoms with Crippen LogP contribution in [-0.4, -0.2) is 29.2 Å². The lowest BCUT2D eigenvalue weighted by atomic mass is 10.1. The van der Waals surface area contributed by atoms with Crippen LogP contribution in [-0.2, 0) is 4.79 Å². The lowest BCUT2D eigenvalue weighted by Gasteiger charge is -2.17. The van der Waals surface area contributed by atoms with Gasteiger partial charge in [-0.3, -0.25) is 4.79 Å². The van der Waals surface area contributed by atoms with Crippen LogP contribution in [0.1, 0.15) is 46.5 Å². The third-order valence-corrected chi connectivity index (χ3v) is 3.21. The zero-order valence-corrected chi connectivity index (χ0v) is 10.7. The molecule has 17 heavy (non-hydrogen) atoms. The van der Waals surface area contributed by atoms with Gasteiger partial charge in [-0.1, -0.05) is 27.2 Å². The molecule has 0 aliphatic heterocycles. The van der Waals surface area contributed by atoms with E-state index in [9.17, 15) is 9.59 Å². The van der Waals surface area contributed by atoms with E-state index >= 15 is 0 Å². The van der Waals surface area contributed by atoms with Crippen LogP contribution in [0.15, 0.2) is 0 Å². The summed E-state index contributed by atoms with van der Waals surface area (Å²) in [6.45, 7) is 6.16. The number of aliphatic carboxylic acids is 1. The molecular formula is C12H22N2O3. The zero-order chi connectivity index (χ0) is 13.1. The number of hydrogen-bond acceptors (Lipinski definition) is 2. The molecule has 2 unspecified atom stereocenters. The molecule has 3 N–H and O–H groups in total. The number of carbonyl (C=O) groups is 2. The number of rotatable bonds is 6. The second-order valence-electron chi connectivity index (χ2n) is 5.45. The highest BCUT2D eigenvalue weighted by atomic mass is 16.4. The third kappa shape index (κ3) is 4.63. The molecule has 0 bridgehead atoms. The Morgan fingerprint density at radius 3 is 2.47 bits per heavy atom. The minimum absolute atomic E-state index is 0.0185. The number of urea groups is 1. The molecule has 5 nitrogen and oxygen atoms in total. The summed E-state index contributed by atoms with van der Waals surface area (Å²) >= 11 is 0. The van der Waals surface area contributed by atoms with Crippen LogP contribution in [0.4, 0.5) is 4.79 Å². The van der Waals surface area contributed by atoms with Gasteiger partial charge in [-0.15, -0.1) is 0 Å². The minimum Gasteiger partial charge on any atom is -0.481 e. The van der Waals surface area contributed by atoms with E-state index in [0.717, 1.165) is 12.8 Å². The smallest absolute Gasteiger partial charge is 0.315 e. The highest BCUT2D eigenvalue weighted by Crippen LogP contribution is 2.44. The fraction of sp³-hybridized carbons (Fsp3) is 0.833. The van der Waals surface area contributed by atoms with Crippen LogP contribution < -0.4 is 10.6 Å². The molecule has 1 saturated carbocycles. The summed E-state index contributed by atoms with van der Waals surface area (Å²) in [6.07, 6.45) is 2.51. The Morgan fingerprint density at radius 1 is 1.47 bits per heavy atom. The maximum Gasteiger partial charge on any atom is 0.315 e. The fourth-order valence-electron chi connectivity index (χ4n) is 1.88. The van der Waals surface area contributed by atoms with E-state index in [1.54, 1.807) is 0 Å². The molecule has 5 heteroatoms. The topological polar surface area (TPSA) is 78.4 Å². The molecule has 1 aliphatic carbocycles. The van der Waals surface area contributed by atoms with Gasteiger partial charge in [0.15, 0.2) is 0 Å². The number of carboxylic acid groups (broad SMARTS) is 1. The Labute approximate surface area is 102 Å². The molecule has 2 atom stereocenters. The van der Waals surface area contributed by atoms with Crippen LogP contribution in [0.2, 0.25) is 0 Å². The van der Waals surface area contributed by atoms with Crippen molar-refractivity contribution in [3.8, 4) is 0 Å². The van der Waals surface area contributed by atoms with Crippen LogP contribution in [0.25, 0.3) is 0 Å². The van der Waals surface area contributed by atoms with E-state index in [-0.39, 0.29) is 30.0 Å². The van der Waals surface area contributed by atoms with Gasteiger partial charge in [0.2, 0.25) is 0 Å². The molecule has 0 aromatic rings. The molecule has 1 aliphatic rings. The Morgan fingerprint density at radius 2 is 2.06 bits per heavy atom. The van der Waals surface area contributed by atoms with E-state index in [1.807, 2.05) is 6.92 Å². The van der Waals surface area contributed by atoms with Gasteiger partial charge >= 0.3 is 12.0 Å². The Hall–Kier alpha value is -1.26.